The Morgan fingerprint density at radius 3 is 2.18 bits per heavy atom. The molecule has 3 aromatic carbocycles. The zero-order valence-electron chi connectivity index (χ0n) is 32.1. The van der Waals surface area contributed by atoms with Crippen LogP contribution < -0.4 is 15.1 Å². The van der Waals surface area contributed by atoms with Gasteiger partial charge in [-0.05, 0) is 127 Å². The van der Waals surface area contributed by atoms with E-state index in [2.05, 4.69) is 56.4 Å². The molecule has 3 aromatic rings. The molecule has 3 atom stereocenters. The number of nitrogens with one attached hydrogen (secondary N) is 1. The molecule has 296 valence electrons. The summed E-state index contributed by atoms with van der Waals surface area (Å²) in [5, 5.41) is 12.6. The van der Waals surface area contributed by atoms with Gasteiger partial charge in [-0.2, -0.15) is 0 Å². The fraction of sp³-hybridized carbons (Fsp3) is 0.533. The number of benzene rings is 3. The van der Waals surface area contributed by atoms with Gasteiger partial charge >= 0.3 is 0 Å². The van der Waals surface area contributed by atoms with E-state index in [1.165, 1.54) is 22.4 Å². The van der Waals surface area contributed by atoms with Gasteiger partial charge in [0.25, 0.3) is 5.91 Å². The van der Waals surface area contributed by atoms with Crippen molar-refractivity contribution < 1.29 is 28.3 Å². The van der Waals surface area contributed by atoms with Crippen molar-refractivity contribution in [2.75, 3.05) is 55.6 Å². The molecule has 6 aliphatic rings. The Morgan fingerprint density at radius 1 is 0.732 bits per heavy atom. The first-order valence-corrected chi connectivity index (χ1v) is 20.9. The van der Waals surface area contributed by atoms with Crippen molar-refractivity contribution in [3.8, 4) is 5.75 Å². The van der Waals surface area contributed by atoms with Crippen molar-refractivity contribution in [1.82, 2.24) is 15.1 Å². The van der Waals surface area contributed by atoms with E-state index in [-0.39, 0.29) is 54.6 Å². The lowest BCUT2D eigenvalue weighted by molar-refractivity contribution is -0.136. The maximum absolute atomic E-state index is 14.1. The number of alkyl halides is 2. The smallest absolute Gasteiger partial charge is 0.255 e. The third kappa shape index (κ3) is 7.39. The number of aromatic hydroxyl groups is 1. The number of fused-ring (bicyclic) bond motifs is 2. The minimum atomic E-state index is -2.53. The van der Waals surface area contributed by atoms with Crippen molar-refractivity contribution in [3.63, 3.8) is 0 Å². The number of carbonyl (C=O) groups is 3. The monoisotopic (exact) mass is 765 g/mol. The number of hydrogen-bond donors (Lipinski definition) is 2. The third-order valence-electron chi connectivity index (χ3n) is 14.0. The van der Waals surface area contributed by atoms with Crippen LogP contribution in [0.1, 0.15) is 96.3 Å². The van der Waals surface area contributed by atoms with Gasteiger partial charge in [0.1, 0.15) is 11.8 Å². The summed E-state index contributed by atoms with van der Waals surface area (Å²) in [6, 6.07) is 20.2. The van der Waals surface area contributed by atoms with Crippen molar-refractivity contribution in [2.45, 2.75) is 88.6 Å². The van der Waals surface area contributed by atoms with Gasteiger partial charge in [0, 0.05) is 94.5 Å². The molecule has 2 N–H and O–H groups in total. The van der Waals surface area contributed by atoms with Crippen LogP contribution in [0.4, 0.5) is 20.2 Å². The Balaban J connectivity index is 0.776. The Labute approximate surface area is 328 Å². The summed E-state index contributed by atoms with van der Waals surface area (Å²) in [6.45, 7) is 7.39. The van der Waals surface area contributed by atoms with Crippen LogP contribution in [-0.2, 0) is 22.6 Å². The maximum atomic E-state index is 14.1. The van der Waals surface area contributed by atoms with E-state index >= 15 is 0 Å². The molecule has 0 unspecified atom stereocenters. The number of amides is 3. The number of imide groups is 1. The van der Waals surface area contributed by atoms with Crippen LogP contribution in [0.15, 0.2) is 60.7 Å². The van der Waals surface area contributed by atoms with E-state index in [1.807, 2.05) is 18.2 Å². The zero-order valence-corrected chi connectivity index (χ0v) is 32.1. The standard InChI is InChI=1S/C45H53F2N5O4/c46-45(47)17-13-30(14-18-45)37-8-3-32-26-36(53)7-10-38(32)42(37)31-1-4-34(5-2-31)50-19-15-29(16-20-50)27-49-21-23-51(24-22-49)35-6-9-39-33(25-35)28-52(44(39)56)40-11-12-41(54)48-43(40)55/h1-2,4-7,9-10,25-26,29-30,37,40,42,53H,3,8,11-24,27-28H2,(H,48,54,55)/t37-,40-,42+/m0/s1. The van der Waals surface area contributed by atoms with Crippen molar-refractivity contribution >= 4 is 29.1 Å². The van der Waals surface area contributed by atoms with E-state index < -0.39 is 12.0 Å². The number of aryl methyl sites for hydroxylation is 1. The number of phenols is 1. The van der Waals surface area contributed by atoms with E-state index in [0.29, 0.717) is 43.2 Å². The molecule has 3 amide bonds. The number of halogens is 2. The Hall–Kier alpha value is -4.51. The van der Waals surface area contributed by atoms with Crippen molar-refractivity contribution in [2.24, 2.45) is 17.8 Å². The third-order valence-corrected chi connectivity index (χ3v) is 14.0. The van der Waals surface area contributed by atoms with Gasteiger partial charge in [0.2, 0.25) is 17.7 Å². The summed E-state index contributed by atoms with van der Waals surface area (Å²) in [6.07, 6.45) is 5.91. The highest BCUT2D eigenvalue weighted by atomic mass is 19.3. The topological polar surface area (TPSA) is 96.4 Å². The van der Waals surface area contributed by atoms with Crippen LogP contribution in [0.25, 0.3) is 0 Å². The molecular weight excluding hydrogens is 713 g/mol. The number of hydrogen-bond acceptors (Lipinski definition) is 7. The van der Waals surface area contributed by atoms with E-state index in [0.717, 1.165) is 82.7 Å². The molecule has 0 radical (unpaired) electrons. The molecule has 0 spiro atoms. The molecule has 2 aliphatic carbocycles. The molecule has 1 saturated carbocycles. The lowest BCUT2D eigenvalue weighted by Crippen LogP contribution is -2.52. The highest BCUT2D eigenvalue weighted by Crippen LogP contribution is 2.50. The van der Waals surface area contributed by atoms with Gasteiger partial charge in [-0.25, -0.2) is 8.78 Å². The molecule has 9 nitrogen and oxygen atoms in total. The van der Waals surface area contributed by atoms with Crippen molar-refractivity contribution in [1.29, 1.82) is 0 Å². The van der Waals surface area contributed by atoms with Crippen molar-refractivity contribution in [3.05, 3.63) is 88.5 Å². The number of anilines is 2. The van der Waals surface area contributed by atoms with Crippen LogP contribution in [0.5, 0.6) is 5.75 Å². The largest absolute Gasteiger partial charge is 0.508 e. The fourth-order valence-electron chi connectivity index (χ4n) is 10.8. The van der Waals surface area contributed by atoms with Crippen LogP contribution in [0, 0.1) is 17.8 Å². The molecular formula is C45H53F2N5O4. The lowest BCUT2D eigenvalue weighted by atomic mass is 9.64. The average Bonchev–Trinajstić information content (AvgIpc) is 3.53. The first-order chi connectivity index (χ1) is 27.1. The second-order valence-electron chi connectivity index (χ2n) is 17.3. The summed E-state index contributed by atoms with van der Waals surface area (Å²) in [7, 11) is 0. The quantitative estimate of drug-likeness (QED) is 0.258. The molecule has 11 heteroatoms. The summed E-state index contributed by atoms with van der Waals surface area (Å²) >= 11 is 0. The molecule has 4 heterocycles. The summed E-state index contributed by atoms with van der Waals surface area (Å²) in [4.78, 5) is 46.4. The van der Waals surface area contributed by atoms with Gasteiger partial charge in [-0.15, -0.1) is 0 Å². The highest BCUT2D eigenvalue weighted by molar-refractivity contribution is 6.05. The predicted molar refractivity (Wildman–Crippen MR) is 211 cm³/mol. The van der Waals surface area contributed by atoms with E-state index in [9.17, 15) is 28.3 Å². The zero-order chi connectivity index (χ0) is 38.6. The summed E-state index contributed by atoms with van der Waals surface area (Å²) in [5.41, 5.74) is 7.62. The Kier molecular flexibility index (Phi) is 10.0. The molecule has 4 fully saturated rings. The normalized spacial score (nSPS) is 26.3. The van der Waals surface area contributed by atoms with Crippen LogP contribution in [-0.4, -0.2) is 90.4 Å². The minimum absolute atomic E-state index is 0.0102. The summed E-state index contributed by atoms with van der Waals surface area (Å²) in [5.74, 6) is -1.62. The number of carbonyl (C=O) groups excluding carboxylic acids is 3. The van der Waals surface area contributed by atoms with Gasteiger partial charge in [-0.1, -0.05) is 18.2 Å². The molecule has 9 rings (SSSR count). The molecule has 3 saturated heterocycles. The molecule has 0 aromatic heterocycles. The molecule has 56 heavy (non-hydrogen) atoms. The van der Waals surface area contributed by atoms with Gasteiger partial charge in [0.15, 0.2) is 0 Å². The van der Waals surface area contributed by atoms with Gasteiger partial charge in [-0.3, -0.25) is 24.6 Å². The Morgan fingerprint density at radius 2 is 1.45 bits per heavy atom. The van der Waals surface area contributed by atoms with Gasteiger partial charge in [0.05, 0.1) is 0 Å². The predicted octanol–water partition coefficient (Wildman–Crippen LogP) is 6.71. The number of rotatable bonds is 7. The number of piperazine rings is 1. The average molecular weight is 766 g/mol. The fourth-order valence-corrected chi connectivity index (χ4v) is 10.8. The highest BCUT2D eigenvalue weighted by Gasteiger charge is 2.43. The number of nitrogens with zero attached hydrogens (tertiary/aromatic N) is 4. The lowest BCUT2D eigenvalue weighted by Gasteiger charge is -2.42. The van der Waals surface area contributed by atoms with Crippen LogP contribution in [0.3, 0.4) is 0 Å². The number of phenolic OH excluding ortho intramolecular Hbond substituents is 1. The number of piperidine rings is 2. The van der Waals surface area contributed by atoms with Crippen LogP contribution in [0.2, 0.25) is 0 Å². The first-order valence-electron chi connectivity index (χ1n) is 20.9. The second kappa shape index (κ2) is 15.1. The second-order valence-corrected chi connectivity index (χ2v) is 17.3. The molecule has 0 bridgehead atoms. The maximum Gasteiger partial charge on any atom is 0.255 e. The first kappa shape index (κ1) is 37.1. The SMILES string of the molecule is O=C1CC[C@H](N2Cc3cc(N4CCN(CC5CCN(c6ccc([C@H]7c8ccc(O)cc8CC[C@H]7C7CCC(F)(F)CC7)cc6)CC5)CC4)ccc3C2=O)C(=O)N1. The Bertz CT molecular complexity index is 1960. The van der Waals surface area contributed by atoms with E-state index in [1.54, 1.807) is 11.0 Å². The minimum Gasteiger partial charge on any atom is -0.508 e. The van der Waals surface area contributed by atoms with Gasteiger partial charge < -0.3 is 19.8 Å². The van der Waals surface area contributed by atoms with E-state index in [4.69, 9.17) is 0 Å². The molecule has 4 aliphatic heterocycles. The summed E-state index contributed by atoms with van der Waals surface area (Å²) < 4.78 is 28.3. The van der Waals surface area contributed by atoms with Crippen LogP contribution >= 0.6 is 0 Å².